The summed E-state index contributed by atoms with van der Waals surface area (Å²) in [6.07, 6.45) is -0.761. The molecule has 1 saturated heterocycles. The molecular weight excluding hydrogens is 338 g/mol. The van der Waals surface area contributed by atoms with Crippen LogP contribution in [0.25, 0.3) is 10.8 Å². The Morgan fingerprint density at radius 2 is 1.88 bits per heavy atom. The molecule has 1 atom stereocenters. The van der Waals surface area contributed by atoms with E-state index in [2.05, 4.69) is 12.1 Å². The molecule has 1 unspecified atom stereocenters. The predicted molar refractivity (Wildman–Crippen MR) is 97.6 cm³/mol. The molecule has 6 heteroatoms. The van der Waals surface area contributed by atoms with Gasteiger partial charge < -0.3 is 14.4 Å². The van der Waals surface area contributed by atoms with E-state index in [-0.39, 0.29) is 17.6 Å². The number of carbonyl (C=O) groups is 2. The van der Waals surface area contributed by atoms with E-state index < -0.39 is 6.10 Å². The van der Waals surface area contributed by atoms with Gasteiger partial charge in [-0.05, 0) is 29.8 Å². The normalized spacial score (nSPS) is 15.8. The summed E-state index contributed by atoms with van der Waals surface area (Å²) in [6, 6.07) is 14.2. The van der Waals surface area contributed by atoms with Gasteiger partial charge >= 0.3 is 5.97 Å². The predicted octanol–water partition coefficient (Wildman–Crippen LogP) is 2.72. The van der Waals surface area contributed by atoms with Crippen molar-refractivity contribution in [2.75, 3.05) is 32.1 Å². The molecular formula is C19H21NO4S. The van der Waals surface area contributed by atoms with Gasteiger partial charge in [0.2, 0.25) is 0 Å². The standard InChI is InChI=1S/C19H21NO4S/c1-14(19(22)20-8-10-23-11-9-20)24-18(21)13-25-17-7-6-15-4-2-3-5-16(15)12-17/h2-7,12,14H,8-11,13H2,1H3. The number of nitrogens with zero attached hydrogens (tertiary/aromatic N) is 1. The van der Waals surface area contributed by atoms with Gasteiger partial charge in [0.05, 0.1) is 19.0 Å². The lowest BCUT2D eigenvalue weighted by Crippen LogP contribution is -2.46. The van der Waals surface area contributed by atoms with Crippen molar-refractivity contribution in [1.82, 2.24) is 4.90 Å². The fourth-order valence-electron chi connectivity index (χ4n) is 2.72. The number of thioether (sulfide) groups is 1. The van der Waals surface area contributed by atoms with Gasteiger partial charge in [-0.25, -0.2) is 0 Å². The molecule has 1 heterocycles. The average Bonchev–Trinajstić information content (AvgIpc) is 2.66. The fourth-order valence-corrected chi connectivity index (χ4v) is 3.45. The summed E-state index contributed by atoms with van der Waals surface area (Å²) in [7, 11) is 0. The third kappa shape index (κ3) is 4.74. The lowest BCUT2D eigenvalue weighted by atomic mass is 10.1. The maximum Gasteiger partial charge on any atom is 0.317 e. The Bertz CT molecular complexity index is 758. The van der Waals surface area contributed by atoms with Crippen molar-refractivity contribution < 1.29 is 19.1 Å². The van der Waals surface area contributed by atoms with Gasteiger partial charge in [0.25, 0.3) is 5.91 Å². The van der Waals surface area contributed by atoms with E-state index in [9.17, 15) is 9.59 Å². The third-order valence-electron chi connectivity index (χ3n) is 4.06. The van der Waals surface area contributed by atoms with Crippen LogP contribution in [0.3, 0.4) is 0 Å². The monoisotopic (exact) mass is 359 g/mol. The number of rotatable bonds is 5. The number of esters is 1. The van der Waals surface area contributed by atoms with E-state index in [0.717, 1.165) is 10.3 Å². The number of amides is 1. The zero-order chi connectivity index (χ0) is 17.6. The maximum absolute atomic E-state index is 12.2. The molecule has 132 valence electrons. The quantitative estimate of drug-likeness (QED) is 0.607. The van der Waals surface area contributed by atoms with Crippen LogP contribution in [-0.2, 0) is 19.1 Å². The molecule has 25 heavy (non-hydrogen) atoms. The molecule has 2 aromatic carbocycles. The van der Waals surface area contributed by atoms with Gasteiger partial charge in [-0.1, -0.05) is 30.3 Å². The van der Waals surface area contributed by atoms with Crippen molar-refractivity contribution in [2.45, 2.75) is 17.9 Å². The van der Waals surface area contributed by atoms with E-state index in [1.54, 1.807) is 11.8 Å². The maximum atomic E-state index is 12.2. The van der Waals surface area contributed by atoms with Crippen molar-refractivity contribution >= 4 is 34.4 Å². The van der Waals surface area contributed by atoms with Crippen molar-refractivity contribution in [1.29, 1.82) is 0 Å². The second-order valence-electron chi connectivity index (χ2n) is 5.87. The SMILES string of the molecule is CC(OC(=O)CSc1ccc2ccccc2c1)C(=O)N1CCOCC1. The molecule has 1 aliphatic heterocycles. The highest BCUT2D eigenvalue weighted by molar-refractivity contribution is 8.00. The summed E-state index contributed by atoms with van der Waals surface area (Å²) in [5.41, 5.74) is 0. The first kappa shape index (κ1) is 17.8. The Morgan fingerprint density at radius 3 is 2.64 bits per heavy atom. The molecule has 0 saturated carbocycles. The van der Waals surface area contributed by atoms with Crippen LogP contribution in [0.15, 0.2) is 47.4 Å². The Labute approximate surface area is 151 Å². The molecule has 5 nitrogen and oxygen atoms in total. The van der Waals surface area contributed by atoms with E-state index in [1.165, 1.54) is 17.1 Å². The van der Waals surface area contributed by atoms with Gasteiger partial charge in [0, 0.05) is 18.0 Å². The fraction of sp³-hybridized carbons (Fsp3) is 0.368. The number of fused-ring (bicyclic) bond motifs is 1. The van der Waals surface area contributed by atoms with Crippen LogP contribution < -0.4 is 0 Å². The van der Waals surface area contributed by atoms with E-state index in [1.807, 2.05) is 30.3 Å². The zero-order valence-corrected chi connectivity index (χ0v) is 15.0. The minimum atomic E-state index is -0.761. The molecule has 0 radical (unpaired) electrons. The van der Waals surface area contributed by atoms with E-state index >= 15 is 0 Å². The van der Waals surface area contributed by atoms with Crippen molar-refractivity contribution in [2.24, 2.45) is 0 Å². The second-order valence-corrected chi connectivity index (χ2v) is 6.92. The van der Waals surface area contributed by atoms with Gasteiger partial charge in [-0.15, -0.1) is 11.8 Å². The summed E-state index contributed by atoms with van der Waals surface area (Å²) < 4.78 is 10.5. The largest absolute Gasteiger partial charge is 0.452 e. The molecule has 3 rings (SSSR count). The minimum Gasteiger partial charge on any atom is -0.452 e. The molecule has 1 fully saturated rings. The summed E-state index contributed by atoms with van der Waals surface area (Å²) in [6.45, 7) is 3.78. The van der Waals surface area contributed by atoms with Crippen LogP contribution in [-0.4, -0.2) is 54.9 Å². The molecule has 0 aromatic heterocycles. The van der Waals surface area contributed by atoms with Gasteiger partial charge in [-0.2, -0.15) is 0 Å². The first-order valence-electron chi connectivity index (χ1n) is 8.31. The molecule has 0 N–H and O–H groups in total. The highest BCUT2D eigenvalue weighted by atomic mass is 32.2. The van der Waals surface area contributed by atoms with Crippen LogP contribution in [0.4, 0.5) is 0 Å². The second kappa shape index (κ2) is 8.36. The summed E-state index contributed by atoms with van der Waals surface area (Å²) >= 11 is 1.41. The van der Waals surface area contributed by atoms with Crippen LogP contribution in [0.1, 0.15) is 6.92 Å². The first-order valence-corrected chi connectivity index (χ1v) is 9.29. The molecule has 0 aliphatic carbocycles. The van der Waals surface area contributed by atoms with Crippen molar-refractivity contribution in [3.05, 3.63) is 42.5 Å². The molecule has 1 amide bonds. The Hall–Kier alpha value is -2.05. The van der Waals surface area contributed by atoms with Gasteiger partial charge in [-0.3, -0.25) is 9.59 Å². The average molecular weight is 359 g/mol. The highest BCUT2D eigenvalue weighted by Crippen LogP contribution is 2.23. The number of carbonyl (C=O) groups excluding carboxylic acids is 2. The zero-order valence-electron chi connectivity index (χ0n) is 14.1. The summed E-state index contributed by atoms with van der Waals surface area (Å²) in [5.74, 6) is -0.362. The van der Waals surface area contributed by atoms with Crippen molar-refractivity contribution in [3.8, 4) is 0 Å². The smallest absolute Gasteiger partial charge is 0.317 e. The van der Waals surface area contributed by atoms with Crippen LogP contribution in [0.5, 0.6) is 0 Å². The van der Waals surface area contributed by atoms with E-state index in [0.29, 0.717) is 26.3 Å². The topological polar surface area (TPSA) is 55.8 Å². The lowest BCUT2D eigenvalue weighted by Gasteiger charge is -2.28. The summed E-state index contributed by atoms with van der Waals surface area (Å²) in [4.78, 5) is 27.0. The number of morpholine rings is 1. The summed E-state index contributed by atoms with van der Waals surface area (Å²) in [5, 5.41) is 2.30. The minimum absolute atomic E-state index is 0.160. The van der Waals surface area contributed by atoms with Crippen LogP contribution in [0, 0.1) is 0 Å². The number of hydrogen-bond acceptors (Lipinski definition) is 5. The third-order valence-corrected chi connectivity index (χ3v) is 5.02. The Kier molecular flexibility index (Phi) is 5.94. The lowest BCUT2D eigenvalue weighted by molar-refractivity contribution is -0.158. The first-order chi connectivity index (χ1) is 12.1. The number of ether oxygens (including phenoxy) is 2. The number of benzene rings is 2. The van der Waals surface area contributed by atoms with Crippen LogP contribution in [0.2, 0.25) is 0 Å². The number of hydrogen-bond donors (Lipinski definition) is 0. The Morgan fingerprint density at radius 1 is 1.16 bits per heavy atom. The van der Waals surface area contributed by atoms with E-state index in [4.69, 9.17) is 9.47 Å². The molecule has 0 spiro atoms. The van der Waals surface area contributed by atoms with Crippen molar-refractivity contribution in [3.63, 3.8) is 0 Å². The Balaban J connectivity index is 1.50. The molecule has 1 aliphatic rings. The van der Waals surface area contributed by atoms with Gasteiger partial charge in [0.1, 0.15) is 0 Å². The highest BCUT2D eigenvalue weighted by Gasteiger charge is 2.25. The van der Waals surface area contributed by atoms with Crippen LogP contribution >= 0.6 is 11.8 Å². The molecule has 0 bridgehead atoms. The molecule has 2 aromatic rings. The van der Waals surface area contributed by atoms with Gasteiger partial charge in [0.15, 0.2) is 6.10 Å².